The van der Waals surface area contributed by atoms with Crippen molar-refractivity contribution < 1.29 is 70.8 Å². The molecule has 1 heterocycles. The fourth-order valence-corrected chi connectivity index (χ4v) is 3.52. The largest absolute Gasteiger partial charge is 0.388 e. The van der Waals surface area contributed by atoms with Crippen molar-refractivity contribution in [2.75, 3.05) is 86.1 Å². The summed E-state index contributed by atoms with van der Waals surface area (Å²) in [5, 5.41) is 31.1. The molecule has 0 aliphatic carbocycles. The summed E-state index contributed by atoms with van der Waals surface area (Å²) in [6.07, 6.45) is -9.56. The zero-order valence-electron chi connectivity index (χ0n) is 22.7. The van der Waals surface area contributed by atoms with E-state index in [9.17, 15) is 32.9 Å². The minimum Gasteiger partial charge on any atom is -0.388 e. The van der Waals surface area contributed by atoms with Gasteiger partial charge in [0.05, 0.1) is 66.1 Å². The van der Waals surface area contributed by atoms with Crippen molar-refractivity contribution >= 4 is 11.3 Å². The van der Waals surface area contributed by atoms with Crippen LogP contribution in [0.2, 0.25) is 0 Å². The first-order chi connectivity index (χ1) is 19.5. The lowest BCUT2D eigenvalue weighted by Gasteiger charge is -2.24. The van der Waals surface area contributed by atoms with Gasteiger partial charge in [-0.2, -0.15) is 17.6 Å². The van der Waals surface area contributed by atoms with Crippen molar-refractivity contribution in [3.8, 4) is 0 Å². The Morgan fingerprint density at radius 1 is 0.732 bits per heavy atom. The monoisotopic (exact) mass is 624 g/mol. The van der Waals surface area contributed by atoms with E-state index < -0.39 is 57.1 Å². The molecule has 0 aliphatic heterocycles. The van der Waals surface area contributed by atoms with E-state index in [0.717, 1.165) is 6.42 Å². The minimum atomic E-state index is -4.34. The van der Waals surface area contributed by atoms with E-state index >= 15 is 0 Å². The maximum Gasteiger partial charge on any atom is 0.383 e. The van der Waals surface area contributed by atoms with E-state index in [0.29, 0.717) is 6.61 Å². The van der Waals surface area contributed by atoms with Gasteiger partial charge in [-0.1, -0.05) is 12.1 Å². The molecule has 0 aliphatic rings. The lowest BCUT2D eigenvalue weighted by Crippen LogP contribution is -2.40. The second kappa shape index (κ2) is 22.3. The van der Waals surface area contributed by atoms with Gasteiger partial charge in [0, 0.05) is 11.3 Å². The fraction of sp³-hybridized carbons (Fsp3) is 0.760. The molecular formula is C25H40F4O11S. The maximum absolute atomic E-state index is 13.6. The topological polar surface area (TPSA) is 135 Å². The first-order valence-electron chi connectivity index (χ1n) is 12.7. The highest BCUT2D eigenvalue weighted by Gasteiger charge is 2.44. The molecule has 0 fully saturated rings. The number of hydrogen-bond donors (Lipinski definition) is 3. The second-order valence-electron chi connectivity index (χ2n) is 8.57. The van der Waals surface area contributed by atoms with Gasteiger partial charge in [-0.15, -0.1) is 17.9 Å². The number of rotatable bonds is 28. The normalized spacial score (nSPS) is 14.7. The Labute approximate surface area is 240 Å². The molecule has 0 bridgehead atoms. The smallest absolute Gasteiger partial charge is 0.383 e. The molecule has 41 heavy (non-hydrogen) atoms. The summed E-state index contributed by atoms with van der Waals surface area (Å²) in [7, 11) is 0. The Hall–Kier alpha value is -1.28. The first-order valence-corrected chi connectivity index (χ1v) is 13.6. The Balaban J connectivity index is 1.98. The van der Waals surface area contributed by atoms with E-state index in [4.69, 9.17) is 23.7 Å². The number of aliphatic hydroxyl groups excluding tert-OH is 3. The number of aliphatic hydroxyl groups is 3. The number of alkyl halides is 4. The van der Waals surface area contributed by atoms with Gasteiger partial charge in [-0.25, -0.2) is 0 Å². The Morgan fingerprint density at radius 3 is 1.88 bits per heavy atom. The molecule has 0 aromatic carbocycles. The van der Waals surface area contributed by atoms with Gasteiger partial charge in [-0.3, -0.25) is 4.74 Å². The van der Waals surface area contributed by atoms with Crippen molar-refractivity contribution in [2.45, 2.75) is 36.9 Å². The third-order valence-corrected chi connectivity index (χ3v) is 5.48. The summed E-state index contributed by atoms with van der Waals surface area (Å²) in [5.41, 5.74) is 0. The summed E-state index contributed by atoms with van der Waals surface area (Å²) in [6.45, 7) is -0.703. The molecule has 0 radical (unpaired) electrons. The second-order valence-corrected chi connectivity index (χ2v) is 9.60. The summed E-state index contributed by atoms with van der Waals surface area (Å²) < 4.78 is 92.4. The van der Waals surface area contributed by atoms with Crippen LogP contribution in [0, 0.1) is 0 Å². The molecule has 3 atom stereocenters. The zero-order valence-corrected chi connectivity index (χ0v) is 23.5. The highest BCUT2D eigenvalue weighted by molar-refractivity contribution is 7.09. The molecule has 0 saturated heterocycles. The van der Waals surface area contributed by atoms with Gasteiger partial charge in [0.25, 0.3) is 0 Å². The van der Waals surface area contributed by atoms with E-state index in [1.54, 1.807) is 11.3 Å². The first kappa shape index (κ1) is 37.7. The lowest BCUT2D eigenvalue weighted by atomic mass is 10.3. The molecule has 16 heteroatoms. The predicted molar refractivity (Wildman–Crippen MR) is 138 cm³/mol. The molecule has 3 unspecified atom stereocenters. The molecule has 0 saturated carbocycles. The molecule has 240 valence electrons. The van der Waals surface area contributed by atoms with Crippen LogP contribution in [0.25, 0.3) is 0 Å². The molecule has 11 nitrogen and oxygen atoms in total. The van der Waals surface area contributed by atoms with Gasteiger partial charge < -0.3 is 48.5 Å². The van der Waals surface area contributed by atoms with E-state index in [2.05, 4.69) is 20.8 Å². The third-order valence-electron chi connectivity index (χ3n) is 4.55. The van der Waals surface area contributed by atoms with Gasteiger partial charge in [0.1, 0.15) is 38.3 Å². The summed E-state index contributed by atoms with van der Waals surface area (Å²) >= 11 is 1.63. The number of ether oxygens (including phenoxy) is 8. The number of halogens is 4. The van der Waals surface area contributed by atoms with Crippen LogP contribution in [0.5, 0.6) is 0 Å². The van der Waals surface area contributed by atoms with Crippen LogP contribution in [0.1, 0.15) is 4.88 Å². The lowest BCUT2D eigenvalue weighted by molar-refractivity contribution is -0.396. The van der Waals surface area contributed by atoms with Crippen LogP contribution >= 0.6 is 11.3 Å². The van der Waals surface area contributed by atoms with Crippen molar-refractivity contribution in [1.82, 2.24) is 0 Å². The number of thiophene rings is 1. The molecule has 1 aromatic rings. The standard InChI is InChI=1S/C25H40F4O11S/c1-2-6-33-11-22(32)16-38-17-24(26,27)40-25(28,29)18-39-19-36-9-8-35-13-21(31)15-37-14-20(30)12-34-7-5-23-4-3-10-41-23/h2-4,10,20-22,30-32H,1,5-9,11-19H2. The van der Waals surface area contributed by atoms with Crippen molar-refractivity contribution in [2.24, 2.45) is 0 Å². The molecule has 0 amide bonds. The van der Waals surface area contributed by atoms with Crippen LogP contribution in [0.3, 0.4) is 0 Å². The summed E-state index contributed by atoms with van der Waals surface area (Å²) in [6, 6.07) is 3.95. The summed E-state index contributed by atoms with van der Waals surface area (Å²) in [5.74, 6) is 0. The zero-order chi connectivity index (χ0) is 30.4. The van der Waals surface area contributed by atoms with Crippen LogP contribution in [-0.4, -0.2) is 132 Å². The van der Waals surface area contributed by atoms with E-state index in [1.165, 1.54) is 11.0 Å². The van der Waals surface area contributed by atoms with Crippen LogP contribution in [0.15, 0.2) is 30.2 Å². The molecule has 0 spiro atoms. The van der Waals surface area contributed by atoms with Gasteiger partial charge in [0.15, 0.2) is 0 Å². The highest BCUT2D eigenvalue weighted by atomic mass is 32.1. The molecule has 1 aromatic heterocycles. The molecule has 3 N–H and O–H groups in total. The van der Waals surface area contributed by atoms with Crippen molar-refractivity contribution in [1.29, 1.82) is 0 Å². The molecule has 1 rings (SSSR count). The predicted octanol–water partition coefficient (Wildman–Crippen LogP) is 1.84. The minimum absolute atomic E-state index is 0.0199. The fourth-order valence-electron chi connectivity index (χ4n) is 2.83. The molecular weight excluding hydrogens is 584 g/mol. The average molecular weight is 625 g/mol. The Morgan fingerprint density at radius 2 is 1.27 bits per heavy atom. The highest BCUT2D eigenvalue weighted by Crippen LogP contribution is 2.27. The van der Waals surface area contributed by atoms with E-state index in [1.807, 2.05) is 17.5 Å². The quantitative estimate of drug-likeness (QED) is 0.0546. The van der Waals surface area contributed by atoms with E-state index in [-0.39, 0.29) is 52.9 Å². The Bertz CT molecular complexity index is 762. The average Bonchev–Trinajstić information content (AvgIpc) is 3.41. The van der Waals surface area contributed by atoms with Gasteiger partial charge in [-0.05, 0) is 11.4 Å². The van der Waals surface area contributed by atoms with Crippen molar-refractivity contribution in [3.63, 3.8) is 0 Å². The van der Waals surface area contributed by atoms with Gasteiger partial charge >= 0.3 is 12.2 Å². The van der Waals surface area contributed by atoms with Crippen LogP contribution < -0.4 is 0 Å². The maximum atomic E-state index is 13.6. The summed E-state index contributed by atoms with van der Waals surface area (Å²) in [4.78, 5) is 1.19. The van der Waals surface area contributed by atoms with Crippen LogP contribution in [-0.2, 0) is 44.3 Å². The van der Waals surface area contributed by atoms with Crippen molar-refractivity contribution in [3.05, 3.63) is 35.0 Å². The SMILES string of the molecule is C=CCOCC(O)COCC(F)(F)OC(F)(F)COCOCCOCC(O)COCC(O)COCCc1cccs1. The third kappa shape index (κ3) is 22.0. The van der Waals surface area contributed by atoms with Gasteiger partial charge in [0.2, 0.25) is 0 Å². The van der Waals surface area contributed by atoms with Crippen LogP contribution in [0.4, 0.5) is 17.6 Å². The Kier molecular flexibility index (Phi) is 20.5. The number of hydrogen-bond acceptors (Lipinski definition) is 12.